The molecule has 25 heavy (non-hydrogen) atoms. The van der Waals surface area contributed by atoms with E-state index in [1.165, 1.54) is 5.56 Å². The van der Waals surface area contributed by atoms with Crippen molar-refractivity contribution < 1.29 is 9.53 Å². The summed E-state index contributed by atoms with van der Waals surface area (Å²) >= 11 is 0. The van der Waals surface area contributed by atoms with Gasteiger partial charge in [-0.1, -0.05) is 30.3 Å². The lowest BCUT2D eigenvalue weighted by Gasteiger charge is -2.31. The lowest BCUT2D eigenvalue weighted by Crippen LogP contribution is -2.37. The molecule has 1 fully saturated rings. The Labute approximate surface area is 149 Å². The standard InChI is InChI=1S/C21H26N2O2/c1-2-25-20-10-6-7-17(15-20)16-23-13-11-18(12-14-23)21(24)22-19-8-4-3-5-9-19/h3-10,15,18H,2,11-14,16H2,1H3,(H,22,24). The average molecular weight is 338 g/mol. The summed E-state index contributed by atoms with van der Waals surface area (Å²) in [6.07, 6.45) is 1.81. The summed E-state index contributed by atoms with van der Waals surface area (Å²) in [7, 11) is 0. The molecule has 0 atom stereocenters. The molecule has 0 radical (unpaired) electrons. The van der Waals surface area contributed by atoms with Crippen LogP contribution in [0.5, 0.6) is 5.75 Å². The summed E-state index contributed by atoms with van der Waals surface area (Å²) in [4.78, 5) is 14.8. The summed E-state index contributed by atoms with van der Waals surface area (Å²) in [5.74, 6) is 1.17. The van der Waals surface area contributed by atoms with Crippen molar-refractivity contribution in [1.82, 2.24) is 4.90 Å². The molecule has 0 unspecified atom stereocenters. The van der Waals surface area contributed by atoms with Crippen molar-refractivity contribution in [3.63, 3.8) is 0 Å². The molecule has 0 aliphatic carbocycles. The Kier molecular flexibility index (Phi) is 6.07. The number of carbonyl (C=O) groups excluding carboxylic acids is 1. The van der Waals surface area contributed by atoms with E-state index in [1.807, 2.05) is 49.4 Å². The fraction of sp³-hybridized carbons (Fsp3) is 0.381. The third-order valence-electron chi connectivity index (χ3n) is 4.62. The van der Waals surface area contributed by atoms with E-state index >= 15 is 0 Å². The van der Waals surface area contributed by atoms with Crippen molar-refractivity contribution in [3.05, 3.63) is 60.2 Å². The van der Waals surface area contributed by atoms with Crippen LogP contribution in [0.3, 0.4) is 0 Å². The SMILES string of the molecule is CCOc1cccc(CN2CCC(C(=O)Nc3ccccc3)CC2)c1. The van der Waals surface area contributed by atoms with Crippen LogP contribution in [0.2, 0.25) is 0 Å². The highest BCUT2D eigenvalue weighted by Crippen LogP contribution is 2.22. The molecular weight excluding hydrogens is 312 g/mol. The second-order valence-electron chi connectivity index (χ2n) is 6.49. The number of hydrogen-bond donors (Lipinski definition) is 1. The highest BCUT2D eigenvalue weighted by Gasteiger charge is 2.25. The summed E-state index contributed by atoms with van der Waals surface area (Å²) < 4.78 is 5.57. The van der Waals surface area contributed by atoms with E-state index in [0.29, 0.717) is 6.61 Å². The summed E-state index contributed by atoms with van der Waals surface area (Å²) in [5.41, 5.74) is 2.14. The van der Waals surface area contributed by atoms with Gasteiger partial charge in [0.2, 0.25) is 5.91 Å². The zero-order chi connectivity index (χ0) is 17.5. The Morgan fingerprint density at radius 1 is 1.12 bits per heavy atom. The number of carbonyl (C=O) groups is 1. The second-order valence-corrected chi connectivity index (χ2v) is 6.49. The first-order valence-electron chi connectivity index (χ1n) is 9.04. The Morgan fingerprint density at radius 2 is 1.88 bits per heavy atom. The molecule has 0 bridgehead atoms. The maximum Gasteiger partial charge on any atom is 0.227 e. The number of piperidine rings is 1. The zero-order valence-electron chi connectivity index (χ0n) is 14.8. The minimum atomic E-state index is 0.103. The Balaban J connectivity index is 1.48. The van der Waals surface area contributed by atoms with E-state index in [9.17, 15) is 4.79 Å². The first-order valence-corrected chi connectivity index (χ1v) is 9.04. The van der Waals surface area contributed by atoms with E-state index in [2.05, 4.69) is 22.3 Å². The summed E-state index contributed by atoms with van der Waals surface area (Å²) in [6.45, 7) is 5.49. The van der Waals surface area contributed by atoms with E-state index < -0.39 is 0 Å². The smallest absolute Gasteiger partial charge is 0.227 e. The van der Waals surface area contributed by atoms with E-state index in [-0.39, 0.29) is 11.8 Å². The van der Waals surface area contributed by atoms with E-state index in [0.717, 1.165) is 43.9 Å². The maximum absolute atomic E-state index is 12.4. The molecule has 1 aliphatic rings. The minimum absolute atomic E-state index is 0.103. The number of rotatable bonds is 6. The van der Waals surface area contributed by atoms with Gasteiger partial charge in [0.05, 0.1) is 6.61 Å². The van der Waals surface area contributed by atoms with Crippen LogP contribution < -0.4 is 10.1 Å². The summed E-state index contributed by atoms with van der Waals surface area (Å²) in [6, 6.07) is 18.0. The van der Waals surface area contributed by atoms with Crippen molar-refractivity contribution in [2.45, 2.75) is 26.3 Å². The third kappa shape index (κ3) is 5.07. The molecule has 1 saturated heterocycles. The van der Waals surface area contributed by atoms with Crippen molar-refractivity contribution in [1.29, 1.82) is 0 Å². The van der Waals surface area contributed by atoms with Crippen LogP contribution in [-0.4, -0.2) is 30.5 Å². The molecule has 1 N–H and O–H groups in total. The molecule has 0 aromatic heterocycles. The number of hydrogen-bond acceptors (Lipinski definition) is 3. The van der Waals surface area contributed by atoms with Crippen LogP contribution in [-0.2, 0) is 11.3 Å². The van der Waals surface area contributed by atoms with Crippen LogP contribution in [0.25, 0.3) is 0 Å². The van der Waals surface area contributed by atoms with Crippen LogP contribution in [0.1, 0.15) is 25.3 Å². The molecule has 132 valence electrons. The van der Waals surface area contributed by atoms with Crippen LogP contribution in [0.4, 0.5) is 5.69 Å². The first kappa shape index (κ1) is 17.5. The number of amides is 1. The number of nitrogens with zero attached hydrogens (tertiary/aromatic N) is 1. The van der Waals surface area contributed by atoms with Crippen LogP contribution in [0.15, 0.2) is 54.6 Å². The molecule has 1 amide bonds. The summed E-state index contributed by atoms with van der Waals surface area (Å²) in [5, 5.41) is 3.02. The Bertz CT molecular complexity index is 679. The van der Waals surface area contributed by atoms with Crippen molar-refractivity contribution >= 4 is 11.6 Å². The fourth-order valence-electron chi connectivity index (χ4n) is 3.28. The number of ether oxygens (including phenoxy) is 1. The van der Waals surface area contributed by atoms with Gasteiger partial charge in [-0.15, -0.1) is 0 Å². The number of likely N-dealkylation sites (tertiary alicyclic amines) is 1. The van der Waals surface area contributed by atoms with Gasteiger partial charge in [0.15, 0.2) is 0 Å². The molecule has 2 aromatic rings. The predicted octanol–water partition coefficient (Wildman–Crippen LogP) is 3.94. The molecule has 4 heteroatoms. The molecule has 2 aromatic carbocycles. The molecule has 4 nitrogen and oxygen atoms in total. The normalized spacial score (nSPS) is 15.7. The molecule has 1 aliphatic heterocycles. The Morgan fingerprint density at radius 3 is 2.60 bits per heavy atom. The third-order valence-corrected chi connectivity index (χ3v) is 4.62. The van der Waals surface area contributed by atoms with Gasteiger partial charge in [0.25, 0.3) is 0 Å². The monoisotopic (exact) mass is 338 g/mol. The molecule has 3 rings (SSSR count). The minimum Gasteiger partial charge on any atom is -0.494 e. The molecular formula is C21H26N2O2. The van der Waals surface area contributed by atoms with Gasteiger partial charge in [-0.25, -0.2) is 0 Å². The lowest BCUT2D eigenvalue weighted by atomic mass is 9.95. The first-order chi connectivity index (χ1) is 12.2. The van der Waals surface area contributed by atoms with Crippen molar-refractivity contribution in [3.8, 4) is 5.75 Å². The molecule has 1 heterocycles. The highest BCUT2D eigenvalue weighted by molar-refractivity contribution is 5.92. The number of anilines is 1. The van der Waals surface area contributed by atoms with Crippen molar-refractivity contribution in [2.24, 2.45) is 5.92 Å². The van der Waals surface area contributed by atoms with Gasteiger partial charge in [-0.3, -0.25) is 9.69 Å². The fourth-order valence-corrected chi connectivity index (χ4v) is 3.28. The van der Waals surface area contributed by atoms with Gasteiger partial charge >= 0.3 is 0 Å². The Hall–Kier alpha value is -2.33. The van der Waals surface area contributed by atoms with Gasteiger partial charge in [0.1, 0.15) is 5.75 Å². The highest BCUT2D eigenvalue weighted by atomic mass is 16.5. The number of nitrogens with one attached hydrogen (secondary N) is 1. The molecule has 0 saturated carbocycles. The topological polar surface area (TPSA) is 41.6 Å². The maximum atomic E-state index is 12.4. The van der Waals surface area contributed by atoms with E-state index in [1.54, 1.807) is 0 Å². The van der Waals surface area contributed by atoms with Gasteiger partial charge in [-0.2, -0.15) is 0 Å². The average Bonchev–Trinajstić information content (AvgIpc) is 2.64. The molecule has 0 spiro atoms. The largest absolute Gasteiger partial charge is 0.494 e. The number of para-hydroxylation sites is 1. The lowest BCUT2D eigenvalue weighted by molar-refractivity contribution is -0.121. The van der Waals surface area contributed by atoms with E-state index in [4.69, 9.17) is 4.74 Å². The van der Waals surface area contributed by atoms with Gasteiger partial charge in [-0.05, 0) is 62.7 Å². The predicted molar refractivity (Wildman–Crippen MR) is 101 cm³/mol. The van der Waals surface area contributed by atoms with Crippen LogP contribution in [0, 0.1) is 5.92 Å². The number of benzene rings is 2. The van der Waals surface area contributed by atoms with Gasteiger partial charge in [0, 0.05) is 18.2 Å². The van der Waals surface area contributed by atoms with Crippen molar-refractivity contribution in [2.75, 3.05) is 25.0 Å². The quantitative estimate of drug-likeness (QED) is 0.867. The zero-order valence-corrected chi connectivity index (χ0v) is 14.8. The van der Waals surface area contributed by atoms with Gasteiger partial charge < -0.3 is 10.1 Å². The second kappa shape index (κ2) is 8.67. The van der Waals surface area contributed by atoms with Crippen LogP contribution >= 0.6 is 0 Å².